The van der Waals surface area contributed by atoms with Crippen molar-refractivity contribution in [2.75, 3.05) is 11.5 Å². The molecule has 7 rings (SSSR count). The van der Waals surface area contributed by atoms with Crippen LogP contribution < -0.4 is 4.90 Å². The molecular weight excluding hydrogens is 567 g/mol. The number of rotatable bonds is 8. The highest BCUT2D eigenvalue weighted by molar-refractivity contribution is 7.22. The molecule has 3 aliphatic rings. The van der Waals surface area contributed by atoms with Crippen LogP contribution in [0.4, 0.5) is 18.3 Å². The van der Waals surface area contributed by atoms with Gasteiger partial charge >= 0.3 is 12.1 Å². The minimum atomic E-state index is -4.50. The molecule has 11 heteroatoms. The molecule has 2 aromatic heterocycles. The number of benzene rings is 2. The van der Waals surface area contributed by atoms with E-state index in [-0.39, 0.29) is 47.9 Å². The first-order valence-corrected chi connectivity index (χ1v) is 15.2. The second-order valence-corrected chi connectivity index (χ2v) is 12.3. The second-order valence-electron chi connectivity index (χ2n) is 11.3. The monoisotopic (exact) mass is 597 g/mol. The number of carbonyl (C=O) groups excluding carboxylic acids is 1. The molecule has 0 spiro atoms. The summed E-state index contributed by atoms with van der Waals surface area (Å²) in [4.78, 5) is 19.5. The number of halogens is 3. The Kier molecular flexibility index (Phi) is 6.97. The largest absolute Gasteiger partial charge is 0.462 e. The van der Waals surface area contributed by atoms with Gasteiger partial charge in [-0.2, -0.15) is 13.2 Å². The van der Waals surface area contributed by atoms with Gasteiger partial charge in [-0.3, -0.25) is 0 Å². The minimum absolute atomic E-state index is 0.0242. The Morgan fingerprint density at radius 1 is 1.10 bits per heavy atom. The van der Waals surface area contributed by atoms with Crippen LogP contribution in [0, 0.1) is 0 Å². The van der Waals surface area contributed by atoms with Crippen molar-refractivity contribution in [3.63, 3.8) is 0 Å². The van der Waals surface area contributed by atoms with Crippen LogP contribution in [0.25, 0.3) is 21.5 Å². The molecule has 7 nitrogen and oxygen atoms in total. The fourth-order valence-electron chi connectivity index (χ4n) is 6.42. The maximum Gasteiger partial charge on any atom is 0.417 e. The lowest BCUT2D eigenvalue weighted by Gasteiger charge is -2.38. The van der Waals surface area contributed by atoms with E-state index in [2.05, 4.69) is 10.1 Å². The van der Waals surface area contributed by atoms with Crippen molar-refractivity contribution in [2.45, 2.75) is 82.3 Å². The topological polar surface area (TPSA) is 77.7 Å². The number of hydrogen-bond donors (Lipinski definition) is 0. The lowest BCUT2D eigenvalue weighted by molar-refractivity contribution is -0.137. The maximum absolute atomic E-state index is 13.8. The first kappa shape index (κ1) is 27.4. The zero-order chi connectivity index (χ0) is 29.0. The Morgan fingerprint density at radius 3 is 2.57 bits per heavy atom. The number of alkyl halides is 3. The van der Waals surface area contributed by atoms with Gasteiger partial charge in [0.05, 0.1) is 40.7 Å². The smallest absolute Gasteiger partial charge is 0.417 e. The average molecular weight is 598 g/mol. The van der Waals surface area contributed by atoms with Gasteiger partial charge < -0.3 is 18.9 Å². The number of nitrogens with zero attached hydrogens (tertiary/aromatic N) is 3. The molecule has 1 aliphatic carbocycles. The quantitative estimate of drug-likeness (QED) is 0.192. The van der Waals surface area contributed by atoms with Gasteiger partial charge in [-0.1, -0.05) is 34.7 Å². The van der Waals surface area contributed by atoms with Crippen LogP contribution >= 0.6 is 11.3 Å². The lowest BCUT2D eigenvalue weighted by atomic mass is 9.98. The number of aromatic nitrogens is 2. The molecule has 0 N–H and O–H groups in total. The van der Waals surface area contributed by atoms with Crippen molar-refractivity contribution in [1.82, 2.24) is 10.1 Å². The van der Waals surface area contributed by atoms with Gasteiger partial charge in [0.25, 0.3) is 0 Å². The van der Waals surface area contributed by atoms with E-state index in [1.165, 1.54) is 12.1 Å². The summed E-state index contributed by atoms with van der Waals surface area (Å²) in [6, 6.07) is 11.5. The van der Waals surface area contributed by atoms with E-state index in [1.54, 1.807) is 30.4 Å². The predicted molar refractivity (Wildman–Crippen MR) is 152 cm³/mol. The summed E-state index contributed by atoms with van der Waals surface area (Å²) in [6.45, 7) is 2.28. The molecular formula is C31H30F3N3O4S. The lowest BCUT2D eigenvalue weighted by Crippen LogP contribution is -2.45. The predicted octanol–water partition coefficient (Wildman–Crippen LogP) is 7.74. The van der Waals surface area contributed by atoms with Crippen molar-refractivity contribution in [3.8, 4) is 11.3 Å². The van der Waals surface area contributed by atoms with Gasteiger partial charge in [0.2, 0.25) is 0 Å². The van der Waals surface area contributed by atoms with Crippen LogP contribution in [0.3, 0.4) is 0 Å². The van der Waals surface area contributed by atoms with Gasteiger partial charge in [0, 0.05) is 29.1 Å². The Bertz CT molecular complexity index is 1620. The molecule has 2 aromatic carbocycles. The van der Waals surface area contributed by atoms with E-state index < -0.39 is 11.7 Å². The van der Waals surface area contributed by atoms with E-state index in [9.17, 15) is 18.0 Å². The van der Waals surface area contributed by atoms with Crippen molar-refractivity contribution in [3.05, 3.63) is 64.9 Å². The number of ether oxygens (including phenoxy) is 2. The van der Waals surface area contributed by atoms with Crippen LogP contribution in [0.15, 0.2) is 47.0 Å². The third-order valence-corrected chi connectivity index (χ3v) is 9.55. The molecule has 2 aliphatic heterocycles. The molecule has 42 heavy (non-hydrogen) atoms. The van der Waals surface area contributed by atoms with Crippen molar-refractivity contribution in [1.29, 1.82) is 0 Å². The molecule has 0 amide bonds. The molecule has 3 atom stereocenters. The fourth-order valence-corrected chi connectivity index (χ4v) is 7.57. The van der Waals surface area contributed by atoms with Crippen molar-refractivity contribution in [2.24, 2.45) is 0 Å². The average Bonchev–Trinajstić information content (AvgIpc) is 3.49. The number of thiazole rings is 1. The SMILES string of the molecule is CCOC(=O)c1ccc2nc(N3[C@@H]4CC[C@H]3CC(OCc3c(-c5ccccc5C(F)(F)F)noc3C3CC3)C4)sc2c1. The zero-order valence-corrected chi connectivity index (χ0v) is 23.8. The summed E-state index contributed by atoms with van der Waals surface area (Å²) >= 11 is 1.58. The van der Waals surface area contributed by atoms with E-state index in [0.29, 0.717) is 23.5 Å². The molecule has 220 valence electrons. The summed E-state index contributed by atoms with van der Waals surface area (Å²) in [5.41, 5.74) is 1.53. The summed E-state index contributed by atoms with van der Waals surface area (Å²) in [5.74, 6) is 0.499. The fraction of sp³-hybridized carbons (Fsp3) is 0.452. The van der Waals surface area contributed by atoms with E-state index in [0.717, 1.165) is 59.9 Å². The van der Waals surface area contributed by atoms with Crippen LogP contribution in [-0.4, -0.2) is 40.9 Å². The Morgan fingerprint density at radius 2 is 1.86 bits per heavy atom. The number of piperidine rings is 1. The van der Waals surface area contributed by atoms with Gasteiger partial charge in [-0.05, 0) is 69.7 Å². The van der Waals surface area contributed by atoms with Crippen LogP contribution in [0.2, 0.25) is 0 Å². The third-order valence-electron chi connectivity index (χ3n) is 8.52. The molecule has 0 radical (unpaired) electrons. The molecule has 2 saturated heterocycles. The molecule has 2 bridgehead atoms. The number of fused-ring (bicyclic) bond motifs is 3. The van der Waals surface area contributed by atoms with E-state index >= 15 is 0 Å². The normalized spacial score (nSPS) is 22.2. The first-order chi connectivity index (χ1) is 20.3. The van der Waals surface area contributed by atoms with E-state index in [4.69, 9.17) is 19.0 Å². The highest BCUT2D eigenvalue weighted by atomic mass is 32.1. The summed E-state index contributed by atoms with van der Waals surface area (Å²) in [5, 5.41) is 5.07. The van der Waals surface area contributed by atoms with Crippen LogP contribution in [0.5, 0.6) is 0 Å². The number of anilines is 1. The third kappa shape index (κ3) is 5.06. The Balaban J connectivity index is 1.09. The summed E-state index contributed by atoms with van der Waals surface area (Å²) in [7, 11) is 0. The first-order valence-electron chi connectivity index (χ1n) is 14.4. The Hall–Kier alpha value is -3.44. The van der Waals surface area contributed by atoms with Crippen molar-refractivity contribution >= 4 is 32.7 Å². The highest BCUT2D eigenvalue weighted by Gasteiger charge is 2.43. The zero-order valence-electron chi connectivity index (χ0n) is 23.0. The molecule has 4 aromatic rings. The summed E-state index contributed by atoms with van der Waals surface area (Å²) in [6.07, 6.45) is 1.01. The van der Waals surface area contributed by atoms with Gasteiger partial charge in [-0.25, -0.2) is 9.78 Å². The van der Waals surface area contributed by atoms with Gasteiger partial charge in [0.1, 0.15) is 11.5 Å². The summed E-state index contributed by atoms with van der Waals surface area (Å²) < 4.78 is 59.6. The maximum atomic E-state index is 13.8. The van der Waals surface area contributed by atoms with Crippen LogP contribution in [0.1, 0.15) is 78.6 Å². The van der Waals surface area contributed by atoms with Gasteiger partial charge in [-0.15, -0.1) is 0 Å². The highest BCUT2D eigenvalue weighted by Crippen LogP contribution is 2.47. The van der Waals surface area contributed by atoms with Crippen molar-refractivity contribution < 1.29 is 32.0 Å². The standard InChI is InChI=1S/C31H30F3N3O4S/c1-2-39-29(38)18-9-12-25-26(13-18)42-30(35-25)37-19-10-11-20(37)15-21(14-19)40-16-23-27(36-41-28(23)17-7-8-17)22-5-3-4-6-24(22)31(32,33)34/h3-6,9,12-13,17,19-21H,2,7-8,10-11,14-16H2,1H3/t19-,20+,21?. The molecule has 4 heterocycles. The number of esters is 1. The van der Waals surface area contributed by atoms with E-state index in [1.807, 2.05) is 12.1 Å². The molecule has 1 saturated carbocycles. The minimum Gasteiger partial charge on any atom is -0.462 e. The Labute approximate surface area is 244 Å². The number of carbonyl (C=O) groups is 1. The second kappa shape index (κ2) is 10.7. The molecule has 1 unspecified atom stereocenters. The van der Waals surface area contributed by atoms with Crippen LogP contribution in [-0.2, 0) is 22.3 Å². The number of hydrogen-bond acceptors (Lipinski definition) is 8. The molecule has 3 fully saturated rings. The van der Waals surface area contributed by atoms with Gasteiger partial charge in [0.15, 0.2) is 5.13 Å².